The molecule has 0 bridgehead atoms. The van der Waals surface area contributed by atoms with Gasteiger partial charge in [0.1, 0.15) is 5.82 Å². The van der Waals surface area contributed by atoms with E-state index in [2.05, 4.69) is 10.6 Å². The number of carbonyl (C=O) groups excluding carboxylic acids is 1. The SMILES string of the molecule is CCN[C@H](C)CNC(=O)CCCN(C)S(=O)(=O)c1ccc(F)cc1.Cl. The smallest absolute Gasteiger partial charge is 0.242 e. The van der Waals surface area contributed by atoms with Crippen molar-refractivity contribution in [3.8, 4) is 0 Å². The summed E-state index contributed by atoms with van der Waals surface area (Å²) in [5, 5.41) is 5.99. The summed E-state index contributed by atoms with van der Waals surface area (Å²) in [5.74, 6) is -0.590. The van der Waals surface area contributed by atoms with Gasteiger partial charge in [-0.1, -0.05) is 6.92 Å². The Labute approximate surface area is 155 Å². The molecule has 9 heteroatoms. The van der Waals surface area contributed by atoms with E-state index in [-0.39, 0.29) is 42.2 Å². The number of hydrogen-bond acceptors (Lipinski definition) is 4. The molecular weight excluding hydrogens is 369 g/mol. The molecule has 1 amide bonds. The Kier molecular flexibility index (Phi) is 10.8. The fraction of sp³-hybridized carbons (Fsp3) is 0.562. The zero-order chi connectivity index (χ0) is 18.2. The molecule has 0 heterocycles. The summed E-state index contributed by atoms with van der Waals surface area (Å²) < 4.78 is 38.7. The van der Waals surface area contributed by atoms with Crippen LogP contribution in [0.3, 0.4) is 0 Å². The first kappa shape index (κ1) is 23.8. The van der Waals surface area contributed by atoms with Crippen LogP contribution in [0.25, 0.3) is 0 Å². The number of likely N-dealkylation sites (N-methyl/N-ethyl adjacent to an activating group) is 1. The average Bonchev–Trinajstić information content (AvgIpc) is 2.53. The van der Waals surface area contributed by atoms with E-state index in [9.17, 15) is 17.6 Å². The van der Waals surface area contributed by atoms with Crippen molar-refractivity contribution in [2.45, 2.75) is 37.6 Å². The van der Waals surface area contributed by atoms with Gasteiger partial charge in [-0.15, -0.1) is 12.4 Å². The molecule has 0 saturated carbocycles. The molecule has 0 saturated heterocycles. The topological polar surface area (TPSA) is 78.5 Å². The molecule has 6 nitrogen and oxygen atoms in total. The molecule has 1 rings (SSSR count). The van der Waals surface area contributed by atoms with E-state index >= 15 is 0 Å². The first-order valence-electron chi connectivity index (χ1n) is 7.99. The van der Waals surface area contributed by atoms with Gasteiger partial charge in [0.05, 0.1) is 4.90 Å². The monoisotopic (exact) mass is 395 g/mol. The normalized spacial score (nSPS) is 12.5. The highest BCUT2D eigenvalue weighted by atomic mass is 35.5. The van der Waals surface area contributed by atoms with Crippen molar-refractivity contribution in [2.75, 3.05) is 26.7 Å². The fourth-order valence-corrected chi connectivity index (χ4v) is 3.35. The third-order valence-electron chi connectivity index (χ3n) is 3.56. The molecular formula is C16H27ClFN3O3S. The highest BCUT2D eigenvalue weighted by Gasteiger charge is 2.20. The van der Waals surface area contributed by atoms with Crippen LogP contribution in [0.5, 0.6) is 0 Å². The molecule has 0 aliphatic carbocycles. The van der Waals surface area contributed by atoms with Gasteiger partial charge in [0, 0.05) is 32.6 Å². The number of rotatable bonds is 10. The number of carbonyl (C=O) groups is 1. The highest BCUT2D eigenvalue weighted by Crippen LogP contribution is 2.15. The Morgan fingerprint density at radius 2 is 1.88 bits per heavy atom. The Hall–Kier alpha value is -1.22. The Morgan fingerprint density at radius 3 is 2.44 bits per heavy atom. The van der Waals surface area contributed by atoms with Gasteiger partial charge in [0.15, 0.2) is 0 Å². The number of amides is 1. The number of sulfonamides is 1. The molecule has 0 radical (unpaired) electrons. The van der Waals surface area contributed by atoms with Crippen LogP contribution in [0.1, 0.15) is 26.7 Å². The minimum Gasteiger partial charge on any atom is -0.355 e. The fourth-order valence-electron chi connectivity index (χ4n) is 2.14. The van der Waals surface area contributed by atoms with Crippen molar-refractivity contribution in [1.29, 1.82) is 0 Å². The number of halogens is 2. The zero-order valence-corrected chi connectivity index (χ0v) is 16.4. The number of nitrogens with zero attached hydrogens (tertiary/aromatic N) is 1. The largest absolute Gasteiger partial charge is 0.355 e. The van der Waals surface area contributed by atoms with Gasteiger partial charge < -0.3 is 10.6 Å². The first-order chi connectivity index (χ1) is 11.3. The third kappa shape index (κ3) is 8.13. The van der Waals surface area contributed by atoms with Gasteiger partial charge in [0.25, 0.3) is 0 Å². The molecule has 1 aromatic rings. The van der Waals surface area contributed by atoms with E-state index in [1.54, 1.807) is 0 Å². The summed E-state index contributed by atoms with van der Waals surface area (Å²) in [6.07, 6.45) is 0.667. The van der Waals surface area contributed by atoms with Crippen LogP contribution in [0.4, 0.5) is 4.39 Å². The Bertz CT molecular complexity index is 626. The molecule has 0 aliphatic heterocycles. The Morgan fingerprint density at radius 1 is 1.28 bits per heavy atom. The molecule has 1 aromatic carbocycles. The summed E-state index contributed by atoms with van der Waals surface area (Å²) in [6.45, 7) is 5.57. The van der Waals surface area contributed by atoms with E-state index in [0.717, 1.165) is 18.7 Å². The number of nitrogens with one attached hydrogen (secondary N) is 2. The molecule has 0 aliphatic rings. The lowest BCUT2D eigenvalue weighted by molar-refractivity contribution is -0.121. The maximum absolute atomic E-state index is 12.9. The van der Waals surface area contributed by atoms with Crippen molar-refractivity contribution in [1.82, 2.24) is 14.9 Å². The predicted octanol–water partition coefficient (Wildman–Crippen LogP) is 1.76. The van der Waals surface area contributed by atoms with Crippen molar-refractivity contribution in [3.05, 3.63) is 30.1 Å². The van der Waals surface area contributed by atoms with E-state index < -0.39 is 15.8 Å². The molecule has 0 unspecified atom stereocenters. The second kappa shape index (κ2) is 11.4. The van der Waals surface area contributed by atoms with Crippen molar-refractivity contribution >= 4 is 28.3 Å². The summed E-state index contributed by atoms with van der Waals surface area (Å²) in [4.78, 5) is 11.8. The second-order valence-electron chi connectivity index (χ2n) is 5.65. The summed E-state index contributed by atoms with van der Waals surface area (Å²) in [5.41, 5.74) is 0. The Balaban J connectivity index is 0.00000576. The van der Waals surface area contributed by atoms with E-state index in [1.165, 1.54) is 23.5 Å². The molecule has 1 atom stereocenters. The minimum absolute atomic E-state index is 0. The lowest BCUT2D eigenvalue weighted by Crippen LogP contribution is -2.39. The molecule has 0 fully saturated rings. The maximum Gasteiger partial charge on any atom is 0.242 e. The van der Waals surface area contributed by atoms with E-state index in [0.29, 0.717) is 13.0 Å². The first-order valence-corrected chi connectivity index (χ1v) is 9.43. The van der Waals surface area contributed by atoms with Crippen molar-refractivity contribution in [3.63, 3.8) is 0 Å². The number of hydrogen-bond donors (Lipinski definition) is 2. The minimum atomic E-state index is -3.66. The summed E-state index contributed by atoms with van der Waals surface area (Å²) >= 11 is 0. The molecule has 144 valence electrons. The third-order valence-corrected chi connectivity index (χ3v) is 5.43. The second-order valence-corrected chi connectivity index (χ2v) is 7.69. The van der Waals surface area contributed by atoms with Gasteiger partial charge in [-0.05, 0) is 44.2 Å². The van der Waals surface area contributed by atoms with Gasteiger partial charge >= 0.3 is 0 Å². The van der Waals surface area contributed by atoms with Crippen LogP contribution in [-0.2, 0) is 14.8 Å². The standard InChI is InChI=1S/C16H26FN3O3S.ClH/c1-4-18-13(2)12-19-16(21)6-5-11-20(3)24(22,23)15-9-7-14(17)8-10-15;/h7-10,13,18H,4-6,11-12H2,1-3H3,(H,19,21);1H/t13-;/m1./s1. The van der Waals surface area contributed by atoms with Crippen LogP contribution >= 0.6 is 12.4 Å². The summed E-state index contributed by atoms with van der Waals surface area (Å²) in [6, 6.07) is 4.88. The van der Waals surface area contributed by atoms with E-state index in [4.69, 9.17) is 0 Å². The predicted molar refractivity (Wildman–Crippen MR) is 98.8 cm³/mol. The lowest BCUT2D eigenvalue weighted by atomic mass is 10.2. The number of benzene rings is 1. The molecule has 0 spiro atoms. The summed E-state index contributed by atoms with van der Waals surface area (Å²) in [7, 11) is -2.21. The molecule has 2 N–H and O–H groups in total. The average molecular weight is 396 g/mol. The zero-order valence-electron chi connectivity index (χ0n) is 14.8. The van der Waals surface area contributed by atoms with Gasteiger partial charge in [-0.25, -0.2) is 17.1 Å². The molecule has 0 aromatic heterocycles. The van der Waals surface area contributed by atoms with E-state index in [1.807, 2.05) is 13.8 Å². The van der Waals surface area contributed by atoms with Gasteiger partial charge in [-0.3, -0.25) is 4.79 Å². The van der Waals surface area contributed by atoms with Gasteiger partial charge in [-0.2, -0.15) is 0 Å². The van der Waals surface area contributed by atoms with Crippen molar-refractivity contribution in [2.24, 2.45) is 0 Å². The van der Waals surface area contributed by atoms with Gasteiger partial charge in [0.2, 0.25) is 15.9 Å². The quantitative estimate of drug-likeness (QED) is 0.632. The molecule has 25 heavy (non-hydrogen) atoms. The van der Waals surface area contributed by atoms with Crippen molar-refractivity contribution < 1.29 is 17.6 Å². The van der Waals surface area contributed by atoms with Crippen LogP contribution in [0.2, 0.25) is 0 Å². The van der Waals surface area contributed by atoms with Crippen LogP contribution in [0, 0.1) is 5.82 Å². The highest BCUT2D eigenvalue weighted by molar-refractivity contribution is 7.89. The maximum atomic E-state index is 12.9. The van der Waals surface area contributed by atoms with Crippen LogP contribution in [0.15, 0.2) is 29.2 Å². The lowest BCUT2D eigenvalue weighted by Gasteiger charge is -2.17. The van der Waals surface area contributed by atoms with Crippen LogP contribution in [-0.4, -0.2) is 51.4 Å². The van der Waals surface area contributed by atoms with Crippen LogP contribution < -0.4 is 10.6 Å².